The lowest BCUT2D eigenvalue weighted by molar-refractivity contribution is 0.631. The standard InChI is InChI=1S/C17H17N3/c18-17-19-11-12-20(17)13-16(14-7-3-1-4-8-14)15-9-5-2-6-10-15/h1-12,16H,13H2,(H2,18,19). The van der Waals surface area contributed by atoms with E-state index < -0.39 is 0 Å². The number of rotatable bonds is 4. The molecule has 3 rings (SSSR count). The van der Waals surface area contributed by atoms with E-state index in [4.69, 9.17) is 5.73 Å². The van der Waals surface area contributed by atoms with Gasteiger partial charge in [-0.3, -0.25) is 0 Å². The predicted molar refractivity (Wildman–Crippen MR) is 81.4 cm³/mol. The van der Waals surface area contributed by atoms with E-state index in [9.17, 15) is 0 Å². The summed E-state index contributed by atoms with van der Waals surface area (Å²) in [7, 11) is 0. The van der Waals surface area contributed by atoms with Crippen molar-refractivity contribution >= 4 is 5.95 Å². The number of nitrogen functional groups attached to an aromatic ring is 1. The van der Waals surface area contributed by atoms with E-state index in [1.165, 1.54) is 11.1 Å². The molecule has 0 aliphatic carbocycles. The lowest BCUT2D eigenvalue weighted by atomic mass is 9.91. The molecule has 3 heteroatoms. The highest BCUT2D eigenvalue weighted by atomic mass is 15.1. The van der Waals surface area contributed by atoms with Gasteiger partial charge in [0.25, 0.3) is 0 Å². The van der Waals surface area contributed by atoms with E-state index in [0.29, 0.717) is 5.95 Å². The Bertz CT molecular complexity index is 619. The average Bonchev–Trinajstić information content (AvgIpc) is 2.92. The summed E-state index contributed by atoms with van der Waals surface area (Å²) in [5.74, 6) is 0.829. The summed E-state index contributed by atoms with van der Waals surface area (Å²) in [6.45, 7) is 0.792. The van der Waals surface area contributed by atoms with Crippen LogP contribution in [0.1, 0.15) is 17.0 Å². The highest BCUT2D eigenvalue weighted by Crippen LogP contribution is 2.26. The van der Waals surface area contributed by atoms with E-state index in [-0.39, 0.29) is 5.92 Å². The van der Waals surface area contributed by atoms with Gasteiger partial charge in [-0.1, -0.05) is 60.7 Å². The number of benzene rings is 2. The van der Waals surface area contributed by atoms with Gasteiger partial charge >= 0.3 is 0 Å². The first-order chi connectivity index (χ1) is 9.84. The fourth-order valence-electron chi connectivity index (χ4n) is 2.47. The molecule has 0 fully saturated rings. The van der Waals surface area contributed by atoms with Gasteiger partial charge in [-0.15, -0.1) is 0 Å². The second kappa shape index (κ2) is 5.61. The molecule has 1 heterocycles. The number of nitrogens with two attached hydrogens (primary N) is 1. The van der Waals surface area contributed by atoms with E-state index in [1.54, 1.807) is 6.20 Å². The van der Waals surface area contributed by atoms with Crippen LogP contribution in [-0.4, -0.2) is 9.55 Å². The third kappa shape index (κ3) is 2.57. The van der Waals surface area contributed by atoms with Crippen LogP contribution in [-0.2, 0) is 6.54 Å². The minimum absolute atomic E-state index is 0.272. The molecule has 0 spiro atoms. The van der Waals surface area contributed by atoms with E-state index in [2.05, 4.69) is 53.5 Å². The summed E-state index contributed by atoms with van der Waals surface area (Å²) < 4.78 is 1.99. The van der Waals surface area contributed by atoms with Gasteiger partial charge in [0.2, 0.25) is 0 Å². The van der Waals surface area contributed by atoms with Crippen molar-refractivity contribution in [1.29, 1.82) is 0 Å². The Morgan fingerprint density at radius 2 is 1.45 bits per heavy atom. The van der Waals surface area contributed by atoms with Gasteiger partial charge in [0, 0.05) is 24.9 Å². The van der Waals surface area contributed by atoms with Gasteiger partial charge in [-0.2, -0.15) is 0 Å². The van der Waals surface area contributed by atoms with Crippen LogP contribution < -0.4 is 5.73 Å². The van der Waals surface area contributed by atoms with Crippen LogP contribution in [0.4, 0.5) is 5.95 Å². The first kappa shape index (κ1) is 12.5. The van der Waals surface area contributed by atoms with Crippen molar-refractivity contribution in [3.63, 3.8) is 0 Å². The molecule has 0 aliphatic rings. The summed E-state index contributed by atoms with van der Waals surface area (Å²) in [4.78, 5) is 4.10. The van der Waals surface area contributed by atoms with Crippen LogP contribution in [0.15, 0.2) is 73.1 Å². The number of imidazole rings is 1. The summed E-state index contributed by atoms with van der Waals surface area (Å²) in [5.41, 5.74) is 8.47. The van der Waals surface area contributed by atoms with Gasteiger partial charge in [-0.25, -0.2) is 4.98 Å². The largest absolute Gasteiger partial charge is 0.369 e. The fraction of sp³-hybridized carbons (Fsp3) is 0.118. The molecule has 0 unspecified atom stereocenters. The third-order valence-corrected chi connectivity index (χ3v) is 3.53. The second-order valence-electron chi connectivity index (χ2n) is 4.81. The van der Waals surface area contributed by atoms with Gasteiger partial charge < -0.3 is 10.3 Å². The van der Waals surface area contributed by atoms with Crippen molar-refractivity contribution < 1.29 is 0 Å². The second-order valence-corrected chi connectivity index (χ2v) is 4.81. The highest BCUT2D eigenvalue weighted by molar-refractivity contribution is 5.33. The zero-order valence-corrected chi connectivity index (χ0v) is 11.2. The Morgan fingerprint density at radius 3 is 1.90 bits per heavy atom. The first-order valence-electron chi connectivity index (χ1n) is 6.71. The van der Waals surface area contributed by atoms with Gasteiger partial charge in [-0.05, 0) is 11.1 Å². The van der Waals surface area contributed by atoms with Crippen molar-refractivity contribution in [1.82, 2.24) is 9.55 Å². The number of nitrogens with zero attached hydrogens (tertiary/aromatic N) is 2. The average molecular weight is 263 g/mol. The number of aromatic nitrogens is 2. The summed E-state index contributed by atoms with van der Waals surface area (Å²) in [5, 5.41) is 0. The topological polar surface area (TPSA) is 43.8 Å². The Hall–Kier alpha value is -2.55. The molecule has 0 saturated heterocycles. The molecule has 0 saturated carbocycles. The minimum Gasteiger partial charge on any atom is -0.369 e. The van der Waals surface area contributed by atoms with Crippen molar-refractivity contribution in [2.75, 3.05) is 5.73 Å². The maximum absolute atomic E-state index is 5.90. The van der Waals surface area contributed by atoms with Crippen LogP contribution >= 0.6 is 0 Å². The van der Waals surface area contributed by atoms with E-state index >= 15 is 0 Å². The Kier molecular flexibility index (Phi) is 3.50. The van der Waals surface area contributed by atoms with Crippen molar-refractivity contribution in [3.8, 4) is 0 Å². The zero-order chi connectivity index (χ0) is 13.8. The number of hydrogen-bond acceptors (Lipinski definition) is 2. The smallest absolute Gasteiger partial charge is 0.200 e. The third-order valence-electron chi connectivity index (χ3n) is 3.53. The first-order valence-corrected chi connectivity index (χ1v) is 6.71. The number of hydrogen-bond donors (Lipinski definition) is 1. The maximum atomic E-state index is 5.90. The summed E-state index contributed by atoms with van der Waals surface area (Å²) in [6.07, 6.45) is 3.66. The van der Waals surface area contributed by atoms with Crippen LogP contribution in [0.5, 0.6) is 0 Å². The Labute approximate surface area is 118 Å². The van der Waals surface area contributed by atoms with Crippen LogP contribution in [0, 0.1) is 0 Å². The molecule has 0 radical (unpaired) electrons. The fourth-order valence-corrected chi connectivity index (χ4v) is 2.47. The molecular formula is C17H17N3. The molecule has 2 aromatic carbocycles. The zero-order valence-electron chi connectivity index (χ0n) is 11.2. The SMILES string of the molecule is Nc1nccn1CC(c1ccccc1)c1ccccc1. The minimum atomic E-state index is 0.272. The van der Waals surface area contributed by atoms with E-state index in [0.717, 1.165) is 6.54 Å². The summed E-state index contributed by atoms with van der Waals surface area (Å²) >= 11 is 0. The number of anilines is 1. The van der Waals surface area contributed by atoms with Crippen molar-refractivity contribution in [3.05, 3.63) is 84.2 Å². The molecule has 2 N–H and O–H groups in total. The molecule has 1 aromatic heterocycles. The molecular weight excluding hydrogens is 246 g/mol. The van der Waals surface area contributed by atoms with Crippen molar-refractivity contribution in [2.45, 2.75) is 12.5 Å². The normalized spacial score (nSPS) is 10.8. The molecule has 100 valence electrons. The maximum Gasteiger partial charge on any atom is 0.200 e. The quantitative estimate of drug-likeness (QED) is 0.785. The van der Waals surface area contributed by atoms with Gasteiger partial charge in [0.05, 0.1) is 0 Å². The van der Waals surface area contributed by atoms with Crippen LogP contribution in [0.3, 0.4) is 0 Å². The van der Waals surface area contributed by atoms with Gasteiger partial charge in [0.15, 0.2) is 5.95 Å². The molecule has 20 heavy (non-hydrogen) atoms. The Morgan fingerprint density at radius 1 is 0.900 bits per heavy atom. The van der Waals surface area contributed by atoms with Crippen molar-refractivity contribution in [2.24, 2.45) is 0 Å². The summed E-state index contributed by atoms with van der Waals surface area (Å²) in [6, 6.07) is 21.0. The molecule has 3 aromatic rings. The molecule has 0 bridgehead atoms. The lowest BCUT2D eigenvalue weighted by Crippen LogP contribution is -2.12. The van der Waals surface area contributed by atoms with Crippen LogP contribution in [0.2, 0.25) is 0 Å². The monoisotopic (exact) mass is 263 g/mol. The molecule has 0 aliphatic heterocycles. The predicted octanol–water partition coefficient (Wildman–Crippen LogP) is 3.30. The Balaban J connectivity index is 1.98. The molecule has 3 nitrogen and oxygen atoms in total. The molecule has 0 amide bonds. The van der Waals surface area contributed by atoms with Crippen LogP contribution in [0.25, 0.3) is 0 Å². The van der Waals surface area contributed by atoms with Gasteiger partial charge in [0.1, 0.15) is 0 Å². The van der Waals surface area contributed by atoms with E-state index in [1.807, 2.05) is 22.9 Å². The highest BCUT2D eigenvalue weighted by Gasteiger charge is 2.15. The molecule has 0 atom stereocenters. The lowest BCUT2D eigenvalue weighted by Gasteiger charge is -2.19.